The smallest absolute Gasteiger partial charge is 0.108 e. The molecule has 0 aromatic carbocycles. The van der Waals surface area contributed by atoms with Gasteiger partial charge >= 0.3 is 0 Å². The fourth-order valence-electron chi connectivity index (χ4n) is 0.467. The molecule has 0 aliphatic rings. The van der Waals surface area contributed by atoms with Gasteiger partial charge in [-0.15, -0.1) is 0 Å². The average Bonchev–Trinajstić information content (AvgIpc) is 2.10. The van der Waals surface area contributed by atoms with Crippen LogP contribution in [0.3, 0.4) is 0 Å². The molecule has 0 unspecified atom stereocenters. The van der Waals surface area contributed by atoms with Crippen molar-refractivity contribution in [1.82, 2.24) is 0 Å². The lowest BCUT2D eigenvalue weighted by molar-refractivity contribution is 0.182. The van der Waals surface area contributed by atoms with E-state index in [4.69, 9.17) is 9.47 Å². The van der Waals surface area contributed by atoms with E-state index in [0.29, 0.717) is 26.4 Å². The summed E-state index contributed by atoms with van der Waals surface area (Å²) in [6.07, 6.45) is 0. The quantitative estimate of drug-likeness (QED) is 0.459. The zero-order valence-corrected chi connectivity index (χ0v) is 7.64. The molecule has 0 saturated heterocycles. The van der Waals surface area contributed by atoms with Crippen LogP contribution in [-0.2, 0) is 9.47 Å². The van der Waals surface area contributed by atoms with Gasteiger partial charge in [-0.05, 0) is 25.7 Å². The molecule has 0 aromatic rings. The molecule has 0 rings (SSSR count). The second kappa shape index (κ2) is 10.0. The van der Waals surface area contributed by atoms with Crippen molar-refractivity contribution in [3.05, 3.63) is 0 Å². The van der Waals surface area contributed by atoms with E-state index in [1.165, 1.54) is 0 Å². The zero-order chi connectivity index (χ0) is 9.07. The van der Waals surface area contributed by atoms with Gasteiger partial charge in [0.1, 0.15) is 13.2 Å². The molecule has 2 heteroatoms. The lowest BCUT2D eigenvalue weighted by Crippen LogP contribution is -1.89. The van der Waals surface area contributed by atoms with E-state index in [0.717, 1.165) is 0 Å². The molecule has 0 radical (unpaired) electrons. The average molecular weight is 166 g/mol. The molecule has 0 bridgehead atoms. The van der Waals surface area contributed by atoms with Gasteiger partial charge in [-0.2, -0.15) is 0 Å². The van der Waals surface area contributed by atoms with Crippen LogP contribution < -0.4 is 0 Å². The number of hydrogen-bond donors (Lipinski definition) is 0. The van der Waals surface area contributed by atoms with Crippen molar-refractivity contribution in [2.24, 2.45) is 0 Å². The zero-order valence-electron chi connectivity index (χ0n) is 7.64. The van der Waals surface area contributed by atoms with Crippen LogP contribution in [0.1, 0.15) is 13.8 Å². The Morgan fingerprint density at radius 2 is 1.25 bits per heavy atom. The summed E-state index contributed by atoms with van der Waals surface area (Å²) in [6, 6.07) is 0. The second-order valence-corrected chi connectivity index (χ2v) is 1.88. The molecule has 0 aromatic heterocycles. The molecule has 0 saturated carbocycles. The van der Waals surface area contributed by atoms with Crippen LogP contribution in [0.15, 0.2) is 0 Å². The molecule has 0 N–H and O–H groups in total. The molecule has 0 fully saturated rings. The van der Waals surface area contributed by atoms with Crippen molar-refractivity contribution in [1.29, 1.82) is 0 Å². The van der Waals surface area contributed by atoms with Crippen LogP contribution in [0.4, 0.5) is 0 Å². The summed E-state index contributed by atoms with van der Waals surface area (Å²) in [7, 11) is 0. The number of ether oxygens (including phenoxy) is 2. The van der Waals surface area contributed by atoms with Crippen molar-refractivity contribution in [2.75, 3.05) is 26.4 Å². The topological polar surface area (TPSA) is 18.5 Å². The Labute approximate surface area is 74.2 Å². The van der Waals surface area contributed by atoms with Gasteiger partial charge in [-0.3, -0.25) is 0 Å². The summed E-state index contributed by atoms with van der Waals surface area (Å²) in [5, 5.41) is 0. The van der Waals surface area contributed by atoms with E-state index >= 15 is 0 Å². The highest BCUT2D eigenvalue weighted by atomic mass is 16.5. The summed E-state index contributed by atoms with van der Waals surface area (Å²) in [4.78, 5) is 0. The highest BCUT2D eigenvalue weighted by Gasteiger charge is 1.72. The minimum Gasteiger partial charge on any atom is -0.369 e. The van der Waals surface area contributed by atoms with Gasteiger partial charge in [-0.25, -0.2) is 0 Å². The Bertz CT molecular complexity index is 175. The predicted octanol–water partition coefficient (Wildman–Crippen LogP) is 1.07. The van der Waals surface area contributed by atoms with Crippen LogP contribution in [-0.4, -0.2) is 26.4 Å². The summed E-state index contributed by atoms with van der Waals surface area (Å²) in [6.45, 7) is 6.17. The van der Waals surface area contributed by atoms with Crippen molar-refractivity contribution in [3.8, 4) is 23.7 Å². The molecule has 0 aliphatic carbocycles. The van der Waals surface area contributed by atoms with Gasteiger partial charge < -0.3 is 9.47 Å². The third kappa shape index (κ3) is 9.04. The summed E-state index contributed by atoms with van der Waals surface area (Å²) >= 11 is 0. The maximum atomic E-state index is 4.99. The minimum atomic E-state index is 0.458. The van der Waals surface area contributed by atoms with E-state index < -0.39 is 0 Å². The first-order valence-electron chi connectivity index (χ1n) is 4.03. The normalized spacial score (nSPS) is 7.83. The molecule has 0 spiro atoms. The molecule has 0 atom stereocenters. The van der Waals surface area contributed by atoms with Crippen molar-refractivity contribution >= 4 is 0 Å². The molecule has 0 heterocycles. The second-order valence-electron chi connectivity index (χ2n) is 1.88. The molecule has 0 amide bonds. The first-order valence-corrected chi connectivity index (χ1v) is 4.03. The minimum absolute atomic E-state index is 0.458. The van der Waals surface area contributed by atoms with Crippen molar-refractivity contribution < 1.29 is 9.47 Å². The van der Waals surface area contributed by atoms with Gasteiger partial charge in [0, 0.05) is 13.2 Å². The maximum absolute atomic E-state index is 4.99. The van der Waals surface area contributed by atoms with Gasteiger partial charge in [0.2, 0.25) is 0 Å². The van der Waals surface area contributed by atoms with Crippen molar-refractivity contribution in [3.63, 3.8) is 0 Å². The van der Waals surface area contributed by atoms with Crippen LogP contribution >= 0.6 is 0 Å². The molecular formula is C10H14O2. The van der Waals surface area contributed by atoms with Gasteiger partial charge in [0.25, 0.3) is 0 Å². The Kier molecular flexibility index (Phi) is 9.24. The first kappa shape index (κ1) is 11.0. The third-order valence-electron chi connectivity index (χ3n) is 0.996. The summed E-state index contributed by atoms with van der Waals surface area (Å²) in [5.41, 5.74) is 0. The lowest BCUT2D eigenvalue weighted by atomic mass is 10.5. The Balaban J connectivity index is 3.32. The van der Waals surface area contributed by atoms with Crippen LogP contribution in [0, 0.1) is 23.7 Å². The first-order chi connectivity index (χ1) is 5.91. The fourth-order valence-corrected chi connectivity index (χ4v) is 0.467. The third-order valence-corrected chi connectivity index (χ3v) is 0.996. The highest BCUT2D eigenvalue weighted by Crippen LogP contribution is 1.69. The number of rotatable bonds is 4. The fraction of sp³-hybridized carbons (Fsp3) is 0.600. The van der Waals surface area contributed by atoms with Crippen LogP contribution in [0.2, 0.25) is 0 Å². The molecular weight excluding hydrogens is 152 g/mol. The molecule has 2 nitrogen and oxygen atoms in total. The van der Waals surface area contributed by atoms with Gasteiger partial charge in [-0.1, -0.05) is 11.8 Å². The largest absolute Gasteiger partial charge is 0.369 e. The predicted molar refractivity (Wildman–Crippen MR) is 48.5 cm³/mol. The van der Waals surface area contributed by atoms with E-state index in [1.54, 1.807) is 0 Å². The lowest BCUT2D eigenvalue weighted by Gasteiger charge is -1.87. The molecule has 12 heavy (non-hydrogen) atoms. The van der Waals surface area contributed by atoms with Gasteiger partial charge in [0.15, 0.2) is 0 Å². The molecule has 66 valence electrons. The Hall–Kier alpha value is -0.960. The van der Waals surface area contributed by atoms with Crippen LogP contribution in [0.25, 0.3) is 0 Å². The van der Waals surface area contributed by atoms with E-state index in [2.05, 4.69) is 23.7 Å². The highest BCUT2D eigenvalue weighted by molar-refractivity contribution is 5.25. The Morgan fingerprint density at radius 1 is 0.833 bits per heavy atom. The van der Waals surface area contributed by atoms with E-state index in [9.17, 15) is 0 Å². The van der Waals surface area contributed by atoms with E-state index in [-0.39, 0.29) is 0 Å². The van der Waals surface area contributed by atoms with Crippen molar-refractivity contribution in [2.45, 2.75) is 13.8 Å². The monoisotopic (exact) mass is 166 g/mol. The summed E-state index contributed by atoms with van der Waals surface area (Å²) < 4.78 is 9.98. The van der Waals surface area contributed by atoms with Crippen LogP contribution in [0.5, 0.6) is 0 Å². The number of hydrogen-bond acceptors (Lipinski definition) is 2. The molecule has 0 aliphatic heterocycles. The van der Waals surface area contributed by atoms with Gasteiger partial charge in [0.05, 0.1) is 0 Å². The maximum Gasteiger partial charge on any atom is 0.108 e. The Morgan fingerprint density at radius 3 is 1.58 bits per heavy atom. The SMILES string of the molecule is CCOCC#CC#CCOCC. The van der Waals surface area contributed by atoms with E-state index in [1.807, 2.05) is 13.8 Å². The summed E-state index contributed by atoms with van der Waals surface area (Å²) in [5.74, 6) is 10.8. The standard InChI is InChI=1S/C10H14O2/c1-3-11-9-7-5-6-8-10-12-4-2/h3-4,9-10H2,1-2H3.